The Morgan fingerprint density at radius 2 is 1.83 bits per heavy atom. The summed E-state index contributed by atoms with van der Waals surface area (Å²) in [5.41, 5.74) is 0.313. The molecule has 2 aromatic rings. The predicted octanol–water partition coefficient (Wildman–Crippen LogP) is 0.00270. The summed E-state index contributed by atoms with van der Waals surface area (Å²) in [6.07, 6.45) is 2.83. The van der Waals surface area contributed by atoms with Gasteiger partial charge in [0.2, 0.25) is 15.9 Å². The van der Waals surface area contributed by atoms with Gasteiger partial charge < -0.3 is 19.6 Å². The quantitative estimate of drug-likeness (QED) is 0.677. The van der Waals surface area contributed by atoms with Gasteiger partial charge in [0, 0.05) is 11.8 Å². The van der Waals surface area contributed by atoms with E-state index in [9.17, 15) is 23.1 Å². The number of aliphatic carboxylic acids is 1. The lowest BCUT2D eigenvalue weighted by Crippen LogP contribution is -2.23. The lowest BCUT2D eigenvalue weighted by atomic mass is 10.3. The third kappa shape index (κ3) is 5.07. The van der Waals surface area contributed by atoms with E-state index in [1.54, 1.807) is 12.1 Å². The summed E-state index contributed by atoms with van der Waals surface area (Å²) in [6.45, 7) is 0.0157. The fourth-order valence-corrected chi connectivity index (χ4v) is 2.70. The van der Waals surface area contributed by atoms with Crippen molar-refractivity contribution in [2.24, 2.45) is 0 Å². The average molecular weight is 349 g/mol. The van der Waals surface area contributed by atoms with Crippen molar-refractivity contribution in [3.05, 3.63) is 60.6 Å². The largest absolute Gasteiger partial charge is 0.545 e. The number of amides is 1. The van der Waals surface area contributed by atoms with Gasteiger partial charge in [0.15, 0.2) is 0 Å². The second kappa shape index (κ2) is 7.57. The molecule has 0 spiro atoms. The minimum atomic E-state index is -3.73. The van der Waals surface area contributed by atoms with Crippen LogP contribution in [0.15, 0.2) is 64.1 Å². The van der Waals surface area contributed by atoms with Crippen molar-refractivity contribution in [3.8, 4) is 0 Å². The normalized spacial score (nSPS) is 11.5. The molecule has 0 unspecified atom stereocenters. The number of hydrogen-bond acceptors (Lipinski definition) is 6. The zero-order chi connectivity index (χ0) is 17.6. The summed E-state index contributed by atoms with van der Waals surface area (Å²) in [5, 5.41) is 12.6. The molecule has 0 fully saturated rings. The molecule has 9 heteroatoms. The van der Waals surface area contributed by atoms with Crippen LogP contribution < -0.4 is 15.1 Å². The monoisotopic (exact) mass is 349 g/mol. The topological polar surface area (TPSA) is 129 Å². The summed E-state index contributed by atoms with van der Waals surface area (Å²) in [4.78, 5) is 21.6. The number of sulfonamides is 1. The lowest BCUT2D eigenvalue weighted by Gasteiger charge is -2.07. The third-order valence-electron chi connectivity index (χ3n) is 2.82. The van der Waals surface area contributed by atoms with Gasteiger partial charge in [-0.25, -0.2) is 13.1 Å². The lowest BCUT2D eigenvalue weighted by molar-refractivity contribution is -0.297. The maximum absolute atomic E-state index is 12.1. The second-order valence-corrected chi connectivity index (χ2v) is 6.34. The first-order valence-corrected chi connectivity index (χ1v) is 8.17. The number of nitrogens with one attached hydrogen (secondary N) is 2. The third-order valence-corrected chi connectivity index (χ3v) is 4.24. The van der Waals surface area contributed by atoms with Crippen molar-refractivity contribution in [1.82, 2.24) is 4.72 Å². The van der Waals surface area contributed by atoms with Gasteiger partial charge in [0.1, 0.15) is 5.76 Å². The van der Waals surface area contributed by atoms with Crippen LogP contribution in [0.4, 0.5) is 5.69 Å². The Morgan fingerprint density at radius 1 is 1.12 bits per heavy atom. The van der Waals surface area contributed by atoms with Gasteiger partial charge in [0.25, 0.3) is 0 Å². The number of carboxylic acid groups (broad SMARTS) is 1. The van der Waals surface area contributed by atoms with Crippen molar-refractivity contribution in [1.29, 1.82) is 0 Å². The SMILES string of the molecule is O=C([O-])/C=C/C(=O)Nc1ccc(S(=O)(=O)NCc2ccco2)cc1. The molecular weight excluding hydrogens is 336 g/mol. The van der Waals surface area contributed by atoms with Crippen molar-refractivity contribution in [3.63, 3.8) is 0 Å². The van der Waals surface area contributed by atoms with Crippen LogP contribution in [0.2, 0.25) is 0 Å². The molecule has 1 amide bonds. The second-order valence-electron chi connectivity index (χ2n) is 4.57. The molecule has 2 N–H and O–H groups in total. The molecule has 24 heavy (non-hydrogen) atoms. The van der Waals surface area contributed by atoms with Crippen molar-refractivity contribution in [2.45, 2.75) is 11.4 Å². The molecule has 0 aliphatic rings. The Labute approximate surface area is 137 Å². The van der Waals surface area contributed by atoms with Crippen molar-refractivity contribution < 1.29 is 27.5 Å². The van der Waals surface area contributed by atoms with Crippen LogP contribution in [0.5, 0.6) is 0 Å². The first-order chi connectivity index (χ1) is 11.4. The maximum Gasteiger partial charge on any atom is 0.248 e. The van der Waals surface area contributed by atoms with E-state index in [0.29, 0.717) is 17.5 Å². The van der Waals surface area contributed by atoms with Crippen molar-refractivity contribution in [2.75, 3.05) is 5.32 Å². The Morgan fingerprint density at radius 3 is 2.42 bits per heavy atom. The van der Waals surface area contributed by atoms with E-state index in [1.807, 2.05) is 0 Å². The van der Waals surface area contributed by atoms with E-state index in [1.165, 1.54) is 30.5 Å². The number of benzene rings is 1. The number of rotatable bonds is 7. The first-order valence-electron chi connectivity index (χ1n) is 6.69. The highest BCUT2D eigenvalue weighted by atomic mass is 32.2. The van der Waals surface area contributed by atoms with E-state index in [2.05, 4.69) is 10.0 Å². The average Bonchev–Trinajstić information content (AvgIpc) is 3.05. The Hall–Kier alpha value is -2.91. The van der Waals surface area contributed by atoms with Gasteiger partial charge in [-0.05, 0) is 42.5 Å². The molecule has 0 aliphatic heterocycles. The van der Waals surface area contributed by atoms with Crippen LogP contribution in [0, 0.1) is 0 Å². The highest BCUT2D eigenvalue weighted by Crippen LogP contribution is 2.14. The van der Waals surface area contributed by atoms with Crippen LogP contribution in [0.3, 0.4) is 0 Å². The summed E-state index contributed by atoms with van der Waals surface area (Å²) >= 11 is 0. The van der Waals surface area contributed by atoms with Gasteiger partial charge in [-0.15, -0.1) is 0 Å². The molecular formula is C15H13N2O6S-. The highest BCUT2D eigenvalue weighted by molar-refractivity contribution is 7.89. The molecule has 8 nitrogen and oxygen atoms in total. The molecule has 1 aromatic heterocycles. The zero-order valence-corrected chi connectivity index (χ0v) is 13.1. The predicted molar refractivity (Wildman–Crippen MR) is 82.0 cm³/mol. The molecule has 1 heterocycles. The van der Waals surface area contributed by atoms with Gasteiger partial charge in [0.05, 0.1) is 23.7 Å². The maximum atomic E-state index is 12.1. The van der Waals surface area contributed by atoms with Gasteiger partial charge in [-0.2, -0.15) is 0 Å². The van der Waals surface area contributed by atoms with E-state index >= 15 is 0 Å². The summed E-state index contributed by atoms with van der Waals surface area (Å²) in [5.74, 6) is -1.69. The summed E-state index contributed by atoms with van der Waals surface area (Å²) in [7, 11) is -3.73. The number of anilines is 1. The van der Waals surface area contributed by atoms with Crippen LogP contribution in [-0.2, 0) is 26.2 Å². The van der Waals surface area contributed by atoms with Crippen LogP contribution in [0.25, 0.3) is 0 Å². The number of furan rings is 1. The zero-order valence-electron chi connectivity index (χ0n) is 12.3. The Kier molecular flexibility index (Phi) is 5.51. The number of carbonyl (C=O) groups excluding carboxylic acids is 2. The van der Waals surface area contributed by atoms with Gasteiger partial charge in [-0.3, -0.25) is 4.79 Å². The molecule has 0 atom stereocenters. The van der Waals surface area contributed by atoms with Gasteiger partial charge >= 0.3 is 0 Å². The molecule has 0 saturated carbocycles. The number of hydrogen-bond donors (Lipinski definition) is 2. The van der Waals surface area contributed by atoms with E-state index in [-0.39, 0.29) is 11.4 Å². The molecule has 1 aromatic carbocycles. The fraction of sp³-hybridized carbons (Fsp3) is 0.0667. The Bertz CT molecular complexity index is 839. The van der Waals surface area contributed by atoms with E-state index < -0.39 is 21.9 Å². The minimum Gasteiger partial charge on any atom is -0.545 e. The highest BCUT2D eigenvalue weighted by Gasteiger charge is 2.14. The van der Waals surface area contributed by atoms with Crippen molar-refractivity contribution >= 4 is 27.6 Å². The standard InChI is InChI=1S/C15H14N2O6S/c18-14(7-8-15(19)20)17-11-3-5-13(6-4-11)24(21,22)16-10-12-2-1-9-23-12/h1-9,16H,10H2,(H,17,18)(H,19,20)/p-1/b8-7+. The Balaban J connectivity index is 2.00. The molecule has 0 bridgehead atoms. The molecule has 2 rings (SSSR count). The molecule has 0 saturated heterocycles. The van der Waals surface area contributed by atoms with Crippen LogP contribution in [0.1, 0.15) is 5.76 Å². The molecule has 0 radical (unpaired) electrons. The van der Waals surface area contributed by atoms with Crippen LogP contribution >= 0.6 is 0 Å². The van der Waals surface area contributed by atoms with E-state index in [0.717, 1.165) is 6.08 Å². The molecule has 126 valence electrons. The first kappa shape index (κ1) is 17.4. The van der Waals surface area contributed by atoms with E-state index in [4.69, 9.17) is 4.42 Å². The van der Waals surface area contributed by atoms with Crippen LogP contribution in [-0.4, -0.2) is 20.3 Å². The minimum absolute atomic E-state index is 0.0114. The number of carbonyl (C=O) groups is 2. The molecule has 0 aliphatic carbocycles. The fourth-order valence-electron chi connectivity index (χ4n) is 1.71. The summed E-state index contributed by atoms with van der Waals surface area (Å²) in [6, 6.07) is 8.67. The summed E-state index contributed by atoms with van der Waals surface area (Å²) < 4.78 is 31.6. The number of carboxylic acids is 1. The van der Waals surface area contributed by atoms with Gasteiger partial charge in [-0.1, -0.05) is 0 Å². The smallest absolute Gasteiger partial charge is 0.248 e.